The summed E-state index contributed by atoms with van der Waals surface area (Å²) in [6.45, 7) is 5.25. The van der Waals surface area contributed by atoms with Crippen molar-refractivity contribution in [3.05, 3.63) is 34.8 Å². The molecule has 1 aromatic heterocycles. The summed E-state index contributed by atoms with van der Waals surface area (Å²) in [6.07, 6.45) is 8.79. The fraction of sp³-hybridized carbons (Fsp3) is 0.594. The van der Waals surface area contributed by atoms with Gasteiger partial charge in [0.05, 0.1) is 10.5 Å². The zero-order chi connectivity index (χ0) is 34.6. The van der Waals surface area contributed by atoms with E-state index >= 15 is 0 Å². The van der Waals surface area contributed by atoms with Crippen LogP contribution in [-0.4, -0.2) is 96.1 Å². The van der Waals surface area contributed by atoms with Crippen LogP contribution in [0.3, 0.4) is 0 Å². The molecule has 0 unspecified atom stereocenters. The lowest BCUT2D eigenvalue weighted by molar-refractivity contribution is -0.145. The van der Waals surface area contributed by atoms with Crippen LogP contribution in [0, 0.1) is 5.92 Å². The highest BCUT2D eigenvalue weighted by molar-refractivity contribution is 9.10. The molecule has 14 nitrogen and oxygen atoms in total. The van der Waals surface area contributed by atoms with Crippen molar-refractivity contribution in [3.8, 4) is 17.1 Å². The summed E-state index contributed by atoms with van der Waals surface area (Å²) in [5.74, 6) is -0.995. The Bertz CT molecular complexity index is 1560. The van der Waals surface area contributed by atoms with Crippen LogP contribution < -0.4 is 15.4 Å². The maximum atomic E-state index is 14.2. The molecule has 3 N–H and O–H groups in total. The molecule has 0 bridgehead atoms. The Morgan fingerprint density at radius 2 is 2.02 bits per heavy atom. The Kier molecular flexibility index (Phi) is 11.0. The van der Waals surface area contributed by atoms with Gasteiger partial charge in [0.2, 0.25) is 17.6 Å². The highest BCUT2D eigenvalue weighted by Gasteiger charge is 2.61. The van der Waals surface area contributed by atoms with E-state index in [4.69, 9.17) is 9.47 Å². The molecule has 1 saturated carbocycles. The topological polar surface area (TPSA) is 178 Å². The first-order valence-electron chi connectivity index (χ1n) is 16.0. The number of halogens is 1. The predicted molar refractivity (Wildman–Crippen MR) is 181 cm³/mol. The number of carboxylic acids is 1. The van der Waals surface area contributed by atoms with Gasteiger partial charge in [0, 0.05) is 24.4 Å². The molecule has 5 rings (SSSR count). The standard InChI is InChI=1S/C32H42BrN7O7S/c1-31(2,3)47-30(45)34-23-11-9-7-5-6-8-10-20-16-32(20,29(43)44)35-27(41)24-15-21(17-39(24)28(23)42)40-37-26(36-38-40)19-12-13-25(22(33)14-19)46-18-48-4/h8,10,12-14,20-21,23-24H,5-7,9,11,15-18H2,1-4H3,(H,34,45)(H,35,41)(H,43,44)/t20-,21-,23+,24+,32-/m1/s1. The number of nitrogens with zero attached hydrogens (tertiary/aromatic N) is 5. The van der Waals surface area contributed by atoms with Gasteiger partial charge in [0.15, 0.2) is 0 Å². The lowest BCUT2D eigenvalue weighted by atomic mass is 10.0. The van der Waals surface area contributed by atoms with E-state index in [9.17, 15) is 24.3 Å². The van der Waals surface area contributed by atoms with E-state index in [1.165, 1.54) is 9.70 Å². The van der Waals surface area contributed by atoms with Gasteiger partial charge in [-0.05, 0) is 92.1 Å². The number of thioether (sulfide) groups is 1. The van der Waals surface area contributed by atoms with E-state index < -0.39 is 53.1 Å². The van der Waals surface area contributed by atoms with Crippen LogP contribution >= 0.6 is 27.7 Å². The highest BCUT2D eigenvalue weighted by atomic mass is 79.9. The molecule has 2 fully saturated rings. The Hall–Kier alpha value is -3.66. The predicted octanol–water partition coefficient (Wildman–Crippen LogP) is 4.32. The van der Waals surface area contributed by atoms with Crippen molar-refractivity contribution in [2.24, 2.45) is 5.92 Å². The van der Waals surface area contributed by atoms with Gasteiger partial charge in [-0.1, -0.05) is 25.0 Å². The van der Waals surface area contributed by atoms with Crippen molar-refractivity contribution in [3.63, 3.8) is 0 Å². The van der Waals surface area contributed by atoms with Crippen LogP contribution in [-0.2, 0) is 19.1 Å². The number of benzene rings is 1. The lowest BCUT2D eigenvalue weighted by Crippen LogP contribution is -2.56. The molecular formula is C32H42BrN7O7S. The van der Waals surface area contributed by atoms with Gasteiger partial charge in [0.1, 0.15) is 34.9 Å². The van der Waals surface area contributed by atoms with E-state index in [0.29, 0.717) is 35.9 Å². The summed E-state index contributed by atoms with van der Waals surface area (Å²) >= 11 is 5.08. The average molecular weight is 749 g/mol. The summed E-state index contributed by atoms with van der Waals surface area (Å²) < 4.78 is 11.9. The summed E-state index contributed by atoms with van der Waals surface area (Å²) in [5.41, 5.74) is -1.53. The number of carbonyl (C=O) groups is 4. The molecule has 3 heterocycles. The largest absolute Gasteiger partial charge is 0.482 e. The van der Waals surface area contributed by atoms with Gasteiger partial charge in [-0.2, -0.15) is 4.80 Å². The second-order valence-corrected chi connectivity index (χ2v) is 15.0. The van der Waals surface area contributed by atoms with Gasteiger partial charge in [-0.25, -0.2) is 9.59 Å². The molecular weight excluding hydrogens is 706 g/mol. The molecule has 3 amide bonds. The van der Waals surface area contributed by atoms with Crippen LogP contribution in [0.4, 0.5) is 4.79 Å². The van der Waals surface area contributed by atoms with Gasteiger partial charge < -0.3 is 30.1 Å². The minimum absolute atomic E-state index is 0.0494. The Balaban J connectivity index is 1.42. The summed E-state index contributed by atoms with van der Waals surface area (Å²) in [5, 5.41) is 28.7. The Labute approximate surface area is 291 Å². The van der Waals surface area contributed by atoms with Crippen LogP contribution in [0.1, 0.15) is 71.8 Å². The fourth-order valence-electron chi connectivity index (χ4n) is 6.07. The van der Waals surface area contributed by atoms with Gasteiger partial charge >= 0.3 is 12.1 Å². The first-order valence-corrected chi connectivity index (χ1v) is 18.2. The Morgan fingerprint density at radius 3 is 2.73 bits per heavy atom. The first kappa shape index (κ1) is 35.6. The number of hydrogen-bond donors (Lipinski definition) is 3. The quantitative estimate of drug-likeness (QED) is 0.272. The van der Waals surface area contributed by atoms with E-state index in [1.54, 1.807) is 32.5 Å². The summed E-state index contributed by atoms with van der Waals surface area (Å²) in [4.78, 5) is 56.1. The number of hydrogen-bond acceptors (Lipinski definition) is 10. The van der Waals surface area contributed by atoms with E-state index in [0.717, 1.165) is 23.7 Å². The van der Waals surface area contributed by atoms with E-state index in [2.05, 4.69) is 42.0 Å². The number of allylic oxidation sites excluding steroid dienone is 1. The molecule has 2 aliphatic heterocycles. The molecule has 0 spiro atoms. The number of carboxylic acid groups (broad SMARTS) is 1. The van der Waals surface area contributed by atoms with Crippen molar-refractivity contribution < 1.29 is 33.8 Å². The number of rotatable bonds is 7. The monoisotopic (exact) mass is 747 g/mol. The minimum atomic E-state index is -1.44. The molecule has 48 heavy (non-hydrogen) atoms. The second-order valence-electron chi connectivity index (χ2n) is 13.4. The van der Waals surface area contributed by atoms with Crippen molar-refractivity contribution in [1.29, 1.82) is 0 Å². The van der Waals surface area contributed by atoms with E-state index in [1.807, 2.05) is 36.6 Å². The zero-order valence-corrected chi connectivity index (χ0v) is 29.9. The summed E-state index contributed by atoms with van der Waals surface area (Å²) in [6, 6.07) is 2.91. The Morgan fingerprint density at radius 1 is 1.23 bits per heavy atom. The maximum Gasteiger partial charge on any atom is 0.408 e. The van der Waals surface area contributed by atoms with Crippen LogP contribution in [0.15, 0.2) is 34.8 Å². The number of fused-ring (bicyclic) bond motifs is 2. The number of ether oxygens (including phenoxy) is 2. The normalized spacial score (nSPS) is 26.4. The highest BCUT2D eigenvalue weighted by Crippen LogP contribution is 2.45. The number of nitrogens with one attached hydrogen (secondary N) is 2. The lowest BCUT2D eigenvalue weighted by Gasteiger charge is -2.30. The van der Waals surface area contributed by atoms with Gasteiger partial charge in [0.25, 0.3) is 0 Å². The third-order valence-electron chi connectivity index (χ3n) is 8.61. The number of aromatic nitrogens is 4. The summed E-state index contributed by atoms with van der Waals surface area (Å²) in [7, 11) is 0. The third kappa shape index (κ3) is 8.31. The van der Waals surface area contributed by atoms with Crippen molar-refractivity contribution in [1.82, 2.24) is 35.7 Å². The smallest absolute Gasteiger partial charge is 0.408 e. The first-order chi connectivity index (χ1) is 22.8. The molecule has 1 saturated heterocycles. The maximum absolute atomic E-state index is 14.2. The number of aliphatic carboxylic acids is 1. The number of carbonyl (C=O) groups excluding carboxylic acids is 3. The van der Waals surface area contributed by atoms with Crippen molar-refractivity contribution in [2.45, 2.75) is 95.0 Å². The molecule has 1 aliphatic carbocycles. The third-order valence-corrected chi connectivity index (χ3v) is 9.58. The number of alkyl carbamates (subject to hydrolysis) is 1. The van der Waals surface area contributed by atoms with Crippen LogP contribution in [0.25, 0.3) is 11.4 Å². The SMILES string of the molecule is CSCOc1ccc(-c2nnn([C@@H]3C[C@H]4C(=O)N[C@]5(C(=O)O)C[C@H]5C=CCCCCC[C@H](NC(=O)OC(C)(C)C)C(=O)N4C3)n2)cc1Br. The molecule has 3 aliphatic rings. The van der Waals surface area contributed by atoms with Crippen molar-refractivity contribution in [2.75, 3.05) is 18.7 Å². The van der Waals surface area contributed by atoms with E-state index in [-0.39, 0.29) is 25.3 Å². The second kappa shape index (κ2) is 14.8. The minimum Gasteiger partial charge on any atom is -0.482 e. The molecule has 16 heteroatoms. The van der Waals surface area contributed by atoms with Crippen LogP contribution in [0.2, 0.25) is 0 Å². The molecule has 2 aromatic rings. The zero-order valence-electron chi connectivity index (χ0n) is 27.5. The average Bonchev–Trinajstić information content (AvgIpc) is 3.32. The number of tetrazole rings is 1. The number of amides is 3. The molecule has 5 atom stereocenters. The van der Waals surface area contributed by atoms with Crippen molar-refractivity contribution >= 4 is 51.6 Å². The van der Waals surface area contributed by atoms with Gasteiger partial charge in [-0.15, -0.1) is 22.0 Å². The molecule has 260 valence electrons. The fourth-order valence-corrected chi connectivity index (χ4v) is 6.81. The van der Waals surface area contributed by atoms with Gasteiger partial charge in [-0.3, -0.25) is 9.59 Å². The molecule has 1 aromatic carbocycles. The molecule has 0 radical (unpaired) electrons. The van der Waals surface area contributed by atoms with Crippen LogP contribution in [0.5, 0.6) is 5.75 Å².